The summed E-state index contributed by atoms with van der Waals surface area (Å²) >= 11 is 0. The molecule has 144 valence electrons. The molecule has 29 heavy (non-hydrogen) atoms. The van der Waals surface area contributed by atoms with E-state index in [-0.39, 0.29) is 0 Å². The molecule has 1 aliphatic heterocycles. The molecule has 1 fully saturated rings. The number of piperidine rings is 1. The fourth-order valence-corrected chi connectivity index (χ4v) is 4.54. The van der Waals surface area contributed by atoms with Crippen molar-refractivity contribution in [2.75, 3.05) is 13.1 Å². The van der Waals surface area contributed by atoms with E-state index in [1.165, 1.54) is 31.4 Å². The minimum atomic E-state index is 0.418. The molecule has 0 aliphatic carbocycles. The van der Waals surface area contributed by atoms with Crippen LogP contribution in [0.2, 0.25) is 0 Å². The number of fused-ring (bicyclic) bond motifs is 3. The molecule has 1 N–H and O–H groups in total. The Kier molecular flexibility index (Phi) is 4.49. The number of pyridine rings is 2. The maximum Gasteiger partial charge on any atom is 0.141 e. The number of hydrogen-bond acceptors (Lipinski definition) is 4. The number of rotatable bonds is 3. The van der Waals surface area contributed by atoms with Crippen LogP contribution in [0.25, 0.3) is 33.1 Å². The summed E-state index contributed by atoms with van der Waals surface area (Å²) in [6.07, 6.45) is 7.47. The Hall–Kier alpha value is -3.23. The van der Waals surface area contributed by atoms with Gasteiger partial charge in [0.2, 0.25) is 0 Å². The Bertz CT molecular complexity index is 1220. The number of nitrogens with one attached hydrogen (secondary N) is 1. The first kappa shape index (κ1) is 17.8. The second kappa shape index (κ2) is 7.31. The number of benzene rings is 1. The summed E-state index contributed by atoms with van der Waals surface area (Å²) in [7, 11) is 0. The molecular weight excluding hydrogens is 358 g/mol. The zero-order chi connectivity index (χ0) is 19.8. The van der Waals surface area contributed by atoms with Crippen LogP contribution in [-0.2, 0) is 0 Å². The molecule has 0 saturated carbocycles. The lowest BCUT2D eigenvalue weighted by Gasteiger charge is -2.35. The van der Waals surface area contributed by atoms with Crippen LogP contribution in [0.15, 0.2) is 48.8 Å². The molecule has 1 atom stereocenters. The third-order valence-electron chi connectivity index (χ3n) is 6.10. The van der Waals surface area contributed by atoms with Gasteiger partial charge in [-0.05, 0) is 49.2 Å². The molecule has 5 rings (SSSR count). The lowest BCUT2D eigenvalue weighted by atomic mass is 9.94. The maximum atomic E-state index is 9.17. The molecule has 1 aromatic carbocycles. The molecule has 0 radical (unpaired) electrons. The van der Waals surface area contributed by atoms with Crippen molar-refractivity contribution in [2.24, 2.45) is 0 Å². The van der Waals surface area contributed by atoms with Crippen LogP contribution in [0.5, 0.6) is 0 Å². The number of nitrogens with zero attached hydrogens (tertiary/aromatic N) is 4. The highest BCUT2D eigenvalue weighted by molar-refractivity contribution is 6.06. The Morgan fingerprint density at radius 3 is 2.72 bits per heavy atom. The second-order valence-corrected chi connectivity index (χ2v) is 7.73. The van der Waals surface area contributed by atoms with E-state index in [9.17, 15) is 0 Å². The van der Waals surface area contributed by atoms with E-state index in [0.717, 1.165) is 39.6 Å². The van der Waals surface area contributed by atoms with Crippen molar-refractivity contribution in [1.29, 1.82) is 5.26 Å². The highest BCUT2D eigenvalue weighted by Gasteiger charge is 2.22. The van der Waals surface area contributed by atoms with Crippen molar-refractivity contribution in [3.63, 3.8) is 0 Å². The number of hydrogen-bond donors (Lipinski definition) is 1. The van der Waals surface area contributed by atoms with Gasteiger partial charge < -0.3 is 4.98 Å². The van der Waals surface area contributed by atoms with Gasteiger partial charge in [0, 0.05) is 28.6 Å². The first-order chi connectivity index (χ1) is 14.3. The van der Waals surface area contributed by atoms with Gasteiger partial charge in [0.15, 0.2) is 0 Å². The molecule has 1 saturated heterocycles. The predicted molar refractivity (Wildman–Crippen MR) is 115 cm³/mol. The normalized spacial score (nSPS) is 17.6. The van der Waals surface area contributed by atoms with Gasteiger partial charge in [-0.15, -0.1) is 0 Å². The van der Waals surface area contributed by atoms with E-state index in [1.807, 2.05) is 12.3 Å². The lowest BCUT2D eigenvalue weighted by Crippen LogP contribution is -2.33. The quantitative estimate of drug-likeness (QED) is 0.530. The fraction of sp³-hybridized carbons (Fsp3) is 0.292. The van der Waals surface area contributed by atoms with Gasteiger partial charge >= 0.3 is 0 Å². The molecule has 4 heterocycles. The van der Waals surface area contributed by atoms with Crippen LogP contribution in [0, 0.1) is 11.3 Å². The van der Waals surface area contributed by atoms with Crippen molar-refractivity contribution in [3.8, 4) is 17.2 Å². The summed E-state index contributed by atoms with van der Waals surface area (Å²) in [5.74, 6) is 0. The van der Waals surface area contributed by atoms with Crippen LogP contribution >= 0.6 is 0 Å². The molecule has 1 unspecified atom stereocenters. The molecule has 5 heteroatoms. The van der Waals surface area contributed by atoms with Gasteiger partial charge in [-0.2, -0.15) is 5.26 Å². The molecular formula is C24H23N5. The van der Waals surface area contributed by atoms with Gasteiger partial charge in [0.05, 0.1) is 11.7 Å². The molecule has 4 aromatic rings. The monoisotopic (exact) mass is 381 g/mol. The van der Waals surface area contributed by atoms with Gasteiger partial charge in [0.25, 0.3) is 0 Å². The van der Waals surface area contributed by atoms with Crippen LogP contribution in [0.3, 0.4) is 0 Å². The summed E-state index contributed by atoms with van der Waals surface area (Å²) in [5.41, 5.74) is 5.78. The van der Waals surface area contributed by atoms with Crippen LogP contribution < -0.4 is 0 Å². The average molecular weight is 381 g/mol. The molecule has 1 aliphatic rings. The molecule has 5 nitrogen and oxygen atoms in total. The Labute approximate surface area is 170 Å². The van der Waals surface area contributed by atoms with Crippen LogP contribution in [0.1, 0.15) is 43.5 Å². The third kappa shape index (κ3) is 3.16. The van der Waals surface area contributed by atoms with Crippen molar-refractivity contribution in [2.45, 2.75) is 32.2 Å². The summed E-state index contributed by atoms with van der Waals surface area (Å²) in [6.45, 7) is 4.55. The molecule has 3 aromatic heterocycles. The Morgan fingerprint density at radius 1 is 1.07 bits per heavy atom. The zero-order valence-corrected chi connectivity index (χ0v) is 16.5. The van der Waals surface area contributed by atoms with E-state index in [0.29, 0.717) is 11.7 Å². The number of aromatic amines is 1. The van der Waals surface area contributed by atoms with Gasteiger partial charge in [-0.3, -0.25) is 4.90 Å². The Balaban J connectivity index is 1.52. The minimum Gasteiger partial charge on any atom is -0.338 e. The molecule has 0 bridgehead atoms. The lowest BCUT2D eigenvalue weighted by molar-refractivity contribution is 0.157. The largest absolute Gasteiger partial charge is 0.338 e. The van der Waals surface area contributed by atoms with Gasteiger partial charge in [-0.25, -0.2) is 9.97 Å². The highest BCUT2D eigenvalue weighted by Crippen LogP contribution is 2.33. The van der Waals surface area contributed by atoms with E-state index in [1.54, 1.807) is 6.20 Å². The first-order valence-corrected chi connectivity index (χ1v) is 10.3. The van der Waals surface area contributed by atoms with E-state index in [4.69, 9.17) is 5.26 Å². The van der Waals surface area contributed by atoms with Crippen LogP contribution in [-0.4, -0.2) is 32.9 Å². The van der Waals surface area contributed by atoms with Crippen molar-refractivity contribution >= 4 is 21.9 Å². The molecule has 0 spiro atoms. The second-order valence-electron chi connectivity index (χ2n) is 7.73. The van der Waals surface area contributed by atoms with E-state index >= 15 is 0 Å². The topological polar surface area (TPSA) is 68.6 Å². The summed E-state index contributed by atoms with van der Waals surface area (Å²) < 4.78 is 0. The van der Waals surface area contributed by atoms with Crippen LogP contribution in [0.4, 0.5) is 0 Å². The SMILES string of the molecule is CCN1CCCCC1c1ccc(-c2cnc3[nH]c4cnc(C#N)cc4c3c2)cc1. The third-order valence-corrected chi connectivity index (χ3v) is 6.10. The minimum absolute atomic E-state index is 0.418. The summed E-state index contributed by atoms with van der Waals surface area (Å²) in [5, 5.41) is 11.2. The van der Waals surface area contributed by atoms with E-state index < -0.39 is 0 Å². The van der Waals surface area contributed by atoms with Gasteiger partial charge in [-0.1, -0.05) is 37.6 Å². The van der Waals surface area contributed by atoms with Crippen molar-refractivity contribution in [1.82, 2.24) is 19.9 Å². The number of H-pyrrole nitrogens is 1. The fourth-order valence-electron chi connectivity index (χ4n) is 4.54. The summed E-state index contributed by atoms with van der Waals surface area (Å²) in [4.78, 5) is 14.6. The van der Waals surface area contributed by atoms with Gasteiger partial charge in [0.1, 0.15) is 17.4 Å². The number of aromatic nitrogens is 3. The average Bonchev–Trinajstić information content (AvgIpc) is 3.16. The zero-order valence-electron chi connectivity index (χ0n) is 16.5. The standard InChI is InChI=1S/C24H23N5/c1-2-29-10-4-3-5-23(29)17-8-6-16(7-9-17)18-11-21-20-12-19(13-25)26-15-22(20)28-24(21)27-14-18/h6-9,11-12,14-15,23H,2-5,10H2,1H3,(H,27,28). The van der Waals surface area contributed by atoms with E-state index in [2.05, 4.69) is 63.2 Å². The maximum absolute atomic E-state index is 9.17. The number of likely N-dealkylation sites (tertiary alicyclic amines) is 1. The smallest absolute Gasteiger partial charge is 0.141 e. The van der Waals surface area contributed by atoms with Crippen molar-refractivity contribution < 1.29 is 0 Å². The predicted octanol–water partition coefficient (Wildman–Crippen LogP) is 5.20. The summed E-state index contributed by atoms with van der Waals surface area (Å²) in [6, 6.07) is 15.6. The molecule has 0 amide bonds. The Morgan fingerprint density at radius 2 is 1.93 bits per heavy atom. The highest BCUT2D eigenvalue weighted by atomic mass is 15.2. The van der Waals surface area contributed by atoms with Crippen molar-refractivity contribution in [3.05, 3.63) is 60.0 Å². The number of nitriles is 1. The first-order valence-electron chi connectivity index (χ1n) is 10.3.